The predicted octanol–water partition coefficient (Wildman–Crippen LogP) is 2.08. The van der Waals surface area contributed by atoms with Crippen molar-refractivity contribution in [3.8, 4) is 17.1 Å². The number of hydrogen-bond donors (Lipinski definition) is 2. The fraction of sp³-hybridized carbons (Fsp3) is 0.222. The highest BCUT2D eigenvalue weighted by Crippen LogP contribution is 2.28. The van der Waals surface area contributed by atoms with Gasteiger partial charge in [-0.15, -0.1) is 10.2 Å². The van der Waals surface area contributed by atoms with Gasteiger partial charge in [-0.3, -0.25) is 4.79 Å². The van der Waals surface area contributed by atoms with Crippen LogP contribution in [0.5, 0.6) is 5.75 Å². The summed E-state index contributed by atoms with van der Waals surface area (Å²) in [5.74, 6) is 0.958. The van der Waals surface area contributed by atoms with Crippen molar-refractivity contribution in [1.82, 2.24) is 20.6 Å². The number of hydrogen-bond acceptors (Lipinski definition) is 5. The summed E-state index contributed by atoms with van der Waals surface area (Å²) in [6, 6.07) is 15.6. The SMILES string of the molecule is COc1ccc(CC(CC(N)=O)c2cccc(-c3nn[nH]n3)c2)cc1. The Balaban J connectivity index is 1.87. The number of rotatable bonds is 7. The maximum atomic E-state index is 11.5. The Morgan fingerprint density at radius 3 is 2.68 bits per heavy atom. The summed E-state index contributed by atoms with van der Waals surface area (Å²) in [5.41, 5.74) is 8.43. The number of nitrogens with one attached hydrogen (secondary N) is 1. The first-order chi connectivity index (χ1) is 12.2. The van der Waals surface area contributed by atoms with E-state index in [2.05, 4.69) is 20.6 Å². The maximum Gasteiger partial charge on any atom is 0.218 e. The molecule has 1 amide bonds. The Kier molecular flexibility index (Phi) is 5.03. The van der Waals surface area contributed by atoms with E-state index >= 15 is 0 Å². The number of tetrazole rings is 1. The zero-order chi connectivity index (χ0) is 17.6. The average molecular weight is 337 g/mol. The minimum Gasteiger partial charge on any atom is -0.497 e. The summed E-state index contributed by atoms with van der Waals surface area (Å²) in [4.78, 5) is 11.5. The molecule has 1 heterocycles. The van der Waals surface area contributed by atoms with Gasteiger partial charge in [-0.05, 0) is 46.9 Å². The second-order valence-electron chi connectivity index (χ2n) is 5.78. The van der Waals surface area contributed by atoms with Crippen LogP contribution in [0.2, 0.25) is 0 Å². The first-order valence-electron chi connectivity index (χ1n) is 7.90. The molecule has 0 fully saturated rings. The van der Waals surface area contributed by atoms with Gasteiger partial charge in [-0.1, -0.05) is 30.3 Å². The van der Waals surface area contributed by atoms with E-state index in [1.165, 1.54) is 0 Å². The fourth-order valence-electron chi connectivity index (χ4n) is 2.81. The van der Waals surface area contributed by atoms with Gasteiger partial charge >= 0.3 is 0 Å². The molecule has 2 aromatic carbocycles. The largest absolute Gasteiger partial charge is 0.497 e. The van der Waals surface area contributed by atoms with Crippen LogP contribution < -0.4 is 10.5 Å². The van der Waals surface area contributed by atoms with Gasteiger partial charge in [0.05, 0.1) is 7.11 Å². The van der Waals surface area contributed by atoms with E-state index in [4.69, 9.17) is 10.5 Å². The van der Waals surface area contributed by atoms with Gasteiger partial charge < -0.3 is 10.5 Å². The summed E-state index contributed by atoms with van der Waals surface area (Å²) < 4.78 is 5.18. The number of ether oxygens (including phenoxy) is 1. The summed E-state index contributed by atoms with van der Waals surface area (Å²) in [5, 5.41) is 14.0. The molecule has 0 saturated heterocycles. The third kappa shape index (κ3) is 4.20. The van der Waals surface area contributed by atoms with E-state index in [0.29, 0.717) is 12.2 Å². The molecule has 25 heavy (non-hydrogen) atoms. The fourth-order valence-corrected chi connectivity index (χ4v) is 2.81. The van der Waals surface area contributed by atoms with Gasteiger partial charge in [0.15, 0.2) is 0 Å². The number of carbonyl (C=O) groups excluding carboxylic acids is 1. The van der Waals surface area contributed by atoms with Crippen LogP contribution in [0.1, 0.15) is 23.5 Å². The minimum absolute atomic E-state index is 0.0299. The molecule has 3 rings (SSSR count). The van der Waals surface area contributed by atoms with Crippen molar-refractivity contribution in [2.45, 2.75) is 18.8 Å². The van der Waals surface area contributed by atoms with Gasteiger partial charge in [0.25, 0.3) is 0 Å². The number of aromatic amines is 1. The molecule has 7 heteroatoms. The number of amides is 1. The van der Waals surface area contributed by atoms with Crippen molar-refractivity contribution in [3.05, 3.63) is 59.7 Å². The number of benzene rings is 2. The van der Waals surface area contributed by atoms with Gasteiger partial charge in [0, 0.05) is 12.0 Å². The smallest absolute Gasteiger partial charge is 0.218 e. The summed E-state index contributed by atoms with van der Waals surface area (Å²) in [6.45, 7) is 0. The molecule has 0 aliphatic heterocycles. The molecule has 0 aliphatic carbocycles. The van der Waals surface area contributed by atoms with E-state index in [0.717, 1.165) is 22.4 Å². The Morgan fingerprint density at radius 1 is 1.24 bits per heavy atom. The molecule has 3 N–H and O–H groups in total. The van der Waals surface area contributed by atoms with Crippen LogP contribution in [0.15, 0.2) is 48.5 Å². The van der Waals surface area contributed by atoms with E-state index in [-0.39, 0.29) is 18.2 Å². The standard InChI is InChI=1S/C18H19N5O2/c1-25-16-7-5-12(6-8-16)9-15(11-17(19)24)13-3-2-4-14(10-13)18-20-22-23-21-18/h2-8,10,15H,9,11H2,1H3,(H2,19,24)(H,20,21,22,23). The minimum atomic E-state index is -0.330. The quantitative estimate of drug-likeness (QED) is 0.686. The van der Waals surface area contributed by atoms with Crippen LogP contribution in [0.4, 0.5) is 0 Å². The van der Waals surface area contributed by atoms with E-state index in [1.54, 1.807) is 7.11 Å². The lowest BCUT2D eigenvalue weighted by Gasteiger charge is -2.17. The molecule has 1 aromatic heterocycles. The third-order valence-corrected chi connectivity index (χ3v) is 4.05. The normalized spacial score (nSPS) is 11.9. The summed E-state index contributed by atoms with van der Waals surface area (Å²) in [7, 11) is 1.63. The van der Waals surface area contributed by atoms with Crippen LogP contribution in [0.25, 0.3) is 11.4 Å². The zero-order valence-corrected chi connectivity index (χ0v) is 13.8. The summed E-state index contributed by atoms with van der Waals surface area (Å²) >= 11 is 0. The molecular weight excluding hydrogens is 318 g/mol. The van der Waals surface area contributed by atoms with Crippen molar-refractivity contribution < 1.29 is 9.53 Å². The number of aromatic nitrogens is 4. The van der Waals surface area contributed by atoms with Crippen molar-refractivity contribution in [2.24, 2.45) is 5.73 Å². The molecule has 0 bridgehead atoms. The van der Waals surface area contributed by atoms with Crippen molar-refractivity contribution in [1.29, 1.82) is 0 Å². The van der Waals surface area contributed by atoms with Crippen LogP contribution in [0, 0.1) is 0 Å². The second-order valence-corrected chi connectivity index (χ2v) is 5.78. The van der Waals surface area contributed by atoms with Crippen LogP contribution in [0.3, 0.4) is 0 Å². The molecular formula is C18H19N5O2. The van der Waals surface area contributed by atoms with Crippen LogP contribution in [-0.2, 0) is 11.2 Å². The topological polar surface area (TPSA) is 107 Å². The molecule has 1 unspecified atom stereocenters. The number of methoxy groups -OCH3 is 1. The van der Waals surface area contributed by atoms with Crippen molar-refractivity contribution >= 4 is 5.91 Å². The second kappa shape index (κ2) is 7.57. The molecule has 1 atom stereocenters. The number of nitrogens with two attached hydrogens (primary N) is 1. The predicted molar refractivity (Wildman–Crippen MR) is 92.9 cm³/mol. The summed E-state index contributed by atoms with van der Waals surface area (Å²) in [6.07, 6.45) is 0.963. The molecule has 3 aromatic rings. The monoisotopic (exact) mass is 337 g/mol. The van der Waals surface area contributed by atoms with Crippen molar-refractivity contribution in [2.75, 3.05) is 7.11 Å². The third-order valence-electron chi connectivity index (χ3n) is 4.05. The molecule has 0 aliphatic rings. The number of primary amides is 1. The Hall–Kier alpha value is -3.22. The average Bonchev–Trinajstić information content (AvgIpc) is 3.16. The number of carbonyl (C=O) groups is 1. The molecule has 0 spiro atoms. The van der Waals surface area contributed by atoms with Crippen LogP contribution >= 0.6 is 0 Å². The lowest BCUT2D eigenvalue weighted by Crippen LogP contribution is -2.17. The highest BCUT2D eigenvalue weighted by Gasteiger charge is 2.17. The van der Waals surface area contributed by atoms with E-state index < -0.39 is 0 Å². The van der Waals surface area contributed by atoms with Gasteiger partial charge in [-0.25, -0.2) is 0 Å². The molecule has 0 saturated carbocycles. The Bertz CT molecular complexity index is 831. The highest BCUT2D eigenvalue weighted by atomic mass is 16.5. The Morgan fingerprint density at radius 2 is 2.04 bits per heavy atom. The first kappa shape index (κ1) is 16.6. The molecule has 0 radical (unpaired) electrons. The zero-order valence-electron chi connectivity index (χ0n) is 13.8. The first-order valence-corrected chi connectivity index (χ1v) is 7.90. The lowest BCUT2D eigenvalue weighted by molar-refractivity contribution is -0.118. The Labute approximate surface area is 145 Å². The number of H-pyrrole nitrogens is 1. The van der Waals surface area contributed by atoms with Gasteiger partial charge in [-0.2, -0.15) is 5.21 Å². The van der Waals surface area contributed by atoms with Crippen LogP contribution in [-0.4, -0.2) is 33.6 Å². The molecule has 128 valence electrons. The van der Waals surface area contributed by atoms with E-state index in [9.17, 15) is 4.79 Å². The number of nitrogens with zero attached hydrogens (tertiary/aromatic N) is 3. The van der Waals surface area contributed by atoms with E-state index in [1.807, 2.05) is 48.5 Å². The van der Waals surface area contributed by atoms with Crippen molar-refractivity contribution in [3.63, 3.8) is 0 Å². The lowest BCUT2D eigenvalue weighted by atomic mass is 9.88. The maximum absolute atomic E-state index is 11.5. The van der Waals surface area contributed by atoms with Gasteiger partial charge in [0.1, 0.15) is 5.75 Å². The molecule has 7 nitrogen and oxygen atoms in total. The van der Waals surface area contributed by atoms with Gasteiger partial charge in [0.2, 0.25) is 11.7 Å². The highest BCUT2D eigenvalue weighted by molar-refractivity contribution is 5.75.